The zero-order valence-electron chi connectivity index (χ0n) is 3.06. The average Bonchev–Trinajstić information content (AvgIpc) is 1.61. The maximum Gasteiger partial charge on any atom is 0.327 e. The number of rotatable bonds is 3. The van der Waals surface area contributed by atoms with Gasteiger partial charge in [0.2, 0.25) is 0 Å². The number of alkyl halides is 1. The molecule has 36 valence electrons. The molecule has 0 aliphatic rings. The molecule has 0 bridgehead atoms. The van der Waals surface area contributed by atoms with Crippen LogP contribution in [0.3, 0.4) is 0 Å². The van der Waals surface area contributed by atoms with Crippen molar-refractivity contribution in [2.75, 3.05) is 13.3 Å². The molecule has 2 nitrogen and oxygen atoms in total. The number of hydrogen-bond acceptors (Lipinski definition) is 2. The highest BCUT2D eigenvalue weighted by Crippen LogP contribution is 1.90. The smallest absolute Gasteiger partial charge is 0.292 e. The average molecular weight is 110 g/mol. The third-order valence-electron chi connectivity index (χ3n) is 0.221. The normalized spacial score (nSPS) is 9.50. The Morgan fingerprint density at radius 2 is 2.50 bits per heavy atom. The molecular formula is C2H4FO2P. The fourth-order valence-electron chi connectivity index (χ4n) is 0.0718. The molecule has 0 unspecified atom stereocenters. The van der Waals surface area contributed by atoms with Gasteiger partial charge in [-0.25, -0.2) is 8.96 Å². The van der Waals surface area contributed by atoms with Gasteiger partial charge < -0.3 is 0 Å². The molecule has 0 amide bonds. The van der Waals surface area contributed by atoms with Crippen molar-refractivity contribution < 1.29 is 13.5 Å². The maximum absolute atomic E-state index is 10.9. The molecule has 0 aromatic rings. The van der Waals surface area contributed by atoms with Gasteiger partial charge in [0, 0.05) is 0 Å². The number of halogens is 1. The largest absolute Gasteiger partial charge is 0.327 e. The van der Waals surface area contributed by atoms with Crippen LogP contribution in [0.1, 0.15) is 0 Å². The Hall–Kier alpha value is -0.0100. The van der Waals surface area contributed by atoms with Crippen LogP contribution in [0.2, 0.25) is 0 Å². The second kappa shape index (κ2) is 4.99. The third kappa shape index (κ3) is 3.99. The molecule has 0 fully saturated rings. The highest BCUT2D eigenvalue weighted by Gasteiger charge is 1.77. The molecule has 0 atom stereocenters. The second-order valence-corrected chi connectivity index (χ2v) is 1.00. The Labute approximate surface area is 36.6 Å². The summed E-state index contributed by atoms with van der Waals surface area (Å²) in [5, 5.41) is 0. The SMILES string of the molecule is O=POCCF. The van der Waals surface area contributed by atoms with E-state index in [1.807, 2.05) is 0 Å². The third-order valence-corrected chi connectivity index (χ3v) is 0.509. The van der Waals surface area contributed by atoms with Gasteiger partial charge in [0.05, 0.1) is 6.61 Å². The van der Waals surface area contributed by atoms with Crippen LogP contribution in [0.4, 0.5) is 4.39 Å². The fraction of sp³-hybridized carbons (Fsp3) is 1.00. The van der Waals surface area contributed by atoms with Crippen molar-refractivity contribution in [3.05, 3.63) is 0 Å². The van der Waals surface area contributed by atoms with E-state index in [4.69, 9.17) is 0 Å². The van der Waals surface area contributed by atoms with Crippen molar-refractivity contribution >= 4 is 8.69 Å². The first kappa shape index (κ1) is 5.99. The molecule has 0 saturated carbocycles. The molecular weight excluding hydrogens is 106 g/mol. The van der Waals surface area contributed by atoms with Crippen LogP contribution >= 0.6 is 8.69 Å². The van der Waals surface area contributed by atoms with Crippen LogP contribution in [-0.4, -0.2) is 13.3 Å². The van der Waals surface area contributed by atoms with Gasteiger partial charge in [-0.2, -0.15) is 0 Å². The molecule has 0 radical (unpaired) electrons. The van der Waals surface area contributed by atoms with Gasteiger partial charge >= 0.3 is 8.69 Å². The van der Waals surface area contributed by atoms with Gasteiger partial charge in [-0.1, -0.05) is 0 Å². The van der Waals surface area contributed by atoms with Crippen LogP contribution in [0.15, 0.2) is 0 Å². The lowest BCUT2D eigenvalue weighted by atomic mass is 10.9. The Balaban J connectivity index is 2.49. The van der Waals surface area contributed by atoms with Crippen molar-refractivity contribution in [2.24, 2.45) is 0 Å². The van der Waals surface area contributed by atoms with E-state index in [9.17, 15) is 8.96 Å². The Kier molecular flexibility index (Phi) is 4.98. The summed E-state index contributed by atoms with van der Waals surface area (Å²) in [6.45, 7) is -0.652. The van der Waals surface area contributed by atoms with E-state index < -0.39 is 15.4 Å². The summed E-state index contributed by atoms with van der Waals surface area (Å²) < 4.78 is 24.2. The summed E-state index contributed by atoms with van der Waals surface area (Å²) in [5.41, 5.74) is 0. The molecule has 6 heavy (non-hydrogen) atoms. The van der Waals surface area contributed by atoms with Crippen molar-refractivity contribution in [1.29, 1.82) is 0 Å². The van der Waals surface area contributed by atoms with E-state index in [1.54, 1.807) is 0 Å². The highest BCUT2D eigenvalue weighted by molar-refractivity contribution is 7.17. The summed E-state index contributed by atoms with van der Waals surface area (Å²) in [4.78, 5) is 0. The Morgan fingerprint density at radius 1 is 1.83 bits per heavy atom. The van der Waals surface area contributed by atoms with Gasteiger partial charge in [-0.15, -0.1) is 0 Å². The topological polar surface area (TPSA) is 26.3 Å². The van der Waals surface area contributed by atoms with E-state index in [0.29, 0.717) is 0 Å². The molecule has 4 heteroatoms. The zero-order valence-corrected chi connectivity index (χ0v) is 3.95. The van der Waals surface area contributed by atoms with Crippen molar-refractivity contribution in [2.45, 2.75) is 0 Å². The number of hydrogen-bond donors (Lipinski definition) is 0. The minimum atomic E-state index is -0.574. The van der Waals surface area contributed by atoms with E-state index in [1.165, 1.54) is 0 Å². The van der Waals surface area contributed by atoms with Crippen LogP contribution in [-0.2, 0) is 9.09 Å². The van der Waals surface area contributed by atoms with E-state index >= 15 is 0 Å². The lowest BCUT2D eigenvalue weighted by Gasteiger charge is -1.78. The summed E-state index contributed by atoms with van der Waals surface area (Å²) >= 11 is 0. The second-order valence-electron chi connectivity index (χ2n) is 0.597. The molecule has 0 rings (SSSR count). The van der Waals surface area contributed by atoms with E-state index in [-0.39, 0.29) is 6.61 Å². The quantitative estimate of drug-likeness (QED) is 0.402. The summed E-state index contributed by atoms with van der Waals surface area (Å²) in [6, 6.07) is 0. The Morgan fingerprint density at radius 3 is 2.67 bits per heavy atom. The first-order valence-electron chi connectivity index (χ1n) is 1.42. The van der Waals surface area contributed by atoms with Crippen LogP contribution < -0.4 is 0 Å². The predicted octanol–water partition coefficient (Wildman–Crippen LogP) is 1.18. The summed E-state index contributed by atoms with van der Waals surface area (Å²) in [6.07, 6.45) is 0. The van der Waals surface area contributed by atoms with E-state index in [2.05, 4.69) is 4.52 Å². The molecule has 0 aliphatic heterocycles. The lowest BCUT2D eigenvalue weighted by Crippen LogP contribution is -1.81. The highest BCUT2D eigenvalue weighted by atomic mass is 31.1. The molecule has 0 aliphatic carbocycles. The van der Waals surface area contributed by atoms with Crippen molar-refractivity contribution in [3.63, 3.8) is 0 Å². The summed E-state index contributed by atoms with van der Waals surface area (Å²) in [5.74, 6) is 0. The molecule has 0 aromatic carbocycles. The lowest BCUT2D eigenvalue weighted by molar-refractivity contribution is 0.293. The maximum atomic E-state index is 10.9. The first-order chi connectivity index (χ1) is 2.91. The minimum Gasteiger partial charge on any atom is -0.292 e. The zero-order chi connectivity index (χ0) is 4.83. The van der Waals surface area contributed by atoms with E-state index in [0.717, 1.165) is 0 Å². The first-order valence-corrected chi connectivity index (χ1v) is 2.15. The van der Waals surface area contributed by atoms with Crippen LogP contribution in [0.5, 0.6) is 0 Å². The molecule has 0 heterocycles. The van der Waals surface area contributed by atoms with Crippen molar-refractivity contribution in [3.8, 4) is 0 Å². The van der Waals surface area contributed by atoms with Gasteiger partial charge in [-0.3, -0.25) is 4.52 Å². The summed E-state index contributed by atoms with van der Waals surface area (Å²) in [7, 11) is -0.445. The minimum absolute atomic E-state index is 0.0783. The van der Waals surface area contributed by atoms with Crippen LogP contribution in [0.25, 0.3) is 0 Å². The molecule has 0 aromatic heterocycles. The van der Waals surface area contributed by atoms with Crippen molar-refractivity contribution in [1.82, 2.24) is 0 Å². The van der Waals surface area contributed by atoms with Gasteiger partial charge in [0.15, 0.2) is 0 Å². The fourth-order valence-corrected chi connectivity index (χ4v) is 0.215. The predicted molar refractivity (Wildman–Crippen MR) is 19.5 cm³/mol. The van der Waals surface area contributed by atoms with Gasteiger partial charge in [0.1, 0.15) is 6.67 Å². The standard InChI is InChI=1S/C2H4FO2P/c3-1-2-5-6-4/h1-2H2. The molecule has 0 saturated heterocycles. The van der Waals surface area contributed by atoms with Gasteiger partial charge in [-0.05, 0) is 0 Å². The monoisotopic (exact) mass is 110 g/mol. The van der Waals surface area contributed by atoms with Gasteiger partial charge in [0.25, 0.3) is 0 Å². The molecule has 0 N–H and O–H groups in total. The van der Waals surface area contributed by atoms with Crippen LogP contribution in [0, 0.1) is 0 Å². The Bertz CT molecular complexity index is 40.5. The molecule has 0 spiro atoms.